The maximum absolute atomic E-state index is 7.35. The van der Waals surface area contributed by atoms with E-state index in [4.69, 9.17) is 15.9 Å². The lowest BCUT2D eigenvalue weighted by Gasteiger charge is -2.07. The minimum Gasteiger partial charge on any atom is -0.384 e. The Bertz CT molecular complexity index is 593. The van der Waals surface area contributed by atoms with Crippen LogP contribution in [0.25, 0.3) is 0 Å². The molecule has 0 atom stereocenters. The molecule has 0 unspecified atom stereocenters. The summed E-state index contributed by atoms with van der Waals surface area (Å²) in [7, 11) is 1.94. The van der Waals surface area contributed by atoms with Gasteiger partial charge in [-0.3, -0.25) is 5.41 Å². The summed E-state index contributed by atoms with van der Waals surface area (Å²) in [5.74, 6) is 0.0869. The van der Waals surface area contributed by atoms with Crippen LogP contribution in [0.5, 0.6) is 0 Å². The number of hydrogen-bond acceptors (Lipinski definition) is 3. The maximum Gasteiger partial charge on any atom is 0.122 e. The highest BCUT2D eigenvalue weighted by atomic mass is 16.5. The number of rotatable bonds is 7. The summed E-state index contributed by atoms with van der Waals surface area (Å²) in [6.07, 6.45) is 0. The van der Waals surface area contributed by atoms with Crippen LogP contribution in [0.4, 0.5) is 0 Å². The third kappa shape index (κ3) is 4.70. The molecule has 4 N–H and O–H groups in total. The highest BCUT2D eigenvalue weighted by molar-refractivity contribution is 5.94. The lowest BCUT2D eigenvalue weighted by Crippen LogP contribution is -2.10. The van der Waals surface area contributed by atoms with Crippen molar-refractivity contribution in [2.45, 2.75) is 19.8 Å². The van der Waals surface area contributed by atoms with Gasteiger partial charge in [0.15, 0.2) is 0 Å². The van der Waals surface area contributed by atoms with E-state index in [2.05, 4.69) is 23.5 Å². The second-order valence-electron chi connectivity index (χ2n) is 4.95. The summed E-state index contributed by atoms with van der Waals surface area (Å²) in [6.45, 7) is 2.00. The molecule has 0 saturated heterocycles. The molecule has 0 aromatic heterocycles. The fourth-order valence-corrected chi connectivity index (χ4v) is 2.10. The number of benzene rings is 2. The first-order chi connectivity index (χ1) is 10.2. The van der Waals surface area contributed by atoms with Crippen LogP contribution >= 0.6 is 0 Å². The number of ether oxygens (including phenoxy) is 1. The van der Waals surface area contributed by atoms with Crippen LogP contribution in [-0.4, -0.2) is 12.9 Å². The van der Waals surface area contributed by atoms with Gasteiger partial charge in [0, 0.05) is 12.1 Å². The first kappa shape index (κ1) is 15.2. The van der Waals surface area contributed by atoms with E-state index in [0.717, 1.165) is 17.7 Å². The molecule has 0 amide bonds. The van der Waals surface area contributed by atoms with Crippen LogP contribution in [0.3, 0.4) is 0 Å². The highest BCUT2D eigenvalue weighted by Crippen LogP contribution is 2.10. The van der Waals surface area contributed by atoms with Gasteiger partial charge < -0.3 is 15.8 Å². The molecule has 4 heteroatoms. The molecule has 2 aromatic rings. The first-order valence-electron chi connectivity index (χ1n) is 6.92. The quantitative estimate of drug-likeness (QED) is 0.540. The zero-order valence-electron chi connectivity index (χ0n) is 12.2. The zero-order chi connectivity index (χ0) is 15.1. The molecule has 0 bridgehead atoms. The Labute approximate surface area is 125 Å². The van der Waals surface area contributed by atoms with Gasteiger partial charge in [-0.1, -0.05) is 48.5 Å². The van der Waals surface area contributed by atoms with E-state index in [1.54, 1.807) is 0 Å². The van der Waals surface area contributed by atoms with Gasteiger partial charge in [0.05, 0.1) is 13.2 Å². The molecule has 0 aliphatic rings. The predicted molar refractivity (Wildman–Crippen MR) is 85.2 cm³/mol. The van der Waals surface area contributed by atoms with Crippen LogP contribution in [-0.2, 0) is 24.5 Å². The molecular formula is C17H21N3O. The fraction of sp³-hybridized carbons (Fsp3) is 0.235. The van der Waals surface area contributed by atoms with Gasteiger partial charge in [-0.15, -0.1) is 0 Å². The standard InChI is InChI=1S/C17H21N3O/c1-20-10-14-3-2-4-15(9-14)12-21-11-13-5-7-16(8-6-13)17(18)19/h2-9,20H,10-12H2,1H3,(H3,18,19). The van der Waals surface area contributed by atoms with Gasteiger partial charge in [-0.05, 0) is 23.7 Å². The molecular weight excluding hydrogens is 262 g/mol. The van der Waals surface area contributed by atoms with Gasteiger partial charge in [-0.25, -0.2) is 0 Å². The number of nitrogen functional groups attached to an aromatic ring is 1. The van der Waals surface area contributed by atoms with E-state index in [-0.39, 0.29) is 5.84 Å². The molecule has 21 heavy (non-hydrogen) atoms. The third-order valence-corrected chi connectivity index (χ3v) is 3.17. The SMILES string of the molecule is CNCc1cccc(COCc2ccc(C(=N)N)cc2)c1. The molecule has 0 radical (unpaired) electrons. The van der Waals surface area contributed by atoms with Crippen molar-refractivity contribution in [3.05, 3.63) is 70.8 Å². The van der Waals surface area contributed by atoms with Crippen LogP contribution in [0.2, 0.25) is 0 Å². The normalized spacial score (nSPS) is 10.5. The Balaban J connectivity index is 1.86. The van der Waals surface area contributed by atoms with Crippen molar-refractivity contribution in [1.82, 2.24) is 5.32 Å². The Morgan fingerprint density at radius 2 is 1.71 bits per heavy atom. The van der Waals surface area contributed by atoms with E-state index >= 15 is 0 Å². The van der Waals surface area contributed by atoms with E-state index in [0.29, 0.717) is 13.2 Å². The first-order valence-corrected chi connectivity index (χ1v) is 6.92. The van der Waals surface area contributed by atoms with Crippen molar-refractivity contribution in [3.63, 3.8) is 0 Å². The number of amidine groups is 1. The Hall–Kier alpha value is -2.17. The Kier molecular flexibility index (Phi) is 5.49. The van der Waals surface area contributed by atoms with Crippen LogP contribution < -0.4 is 11.1 Å². The van der Waals surface area contributed by atoms with Crippen molar-refractivity contribution in [3.8, 4) is 0 Å². The molecule has 0 aliphatic carbocycles. The van der Waals surface area contributed by atoms with Crippen LogP contribution in [0, 0.1) is 5.41 Å². The fourth-order valence-electron chi connectivity index (χ4n) is 2.10. The second kappa shape index (κ2) is 7.57. The molecule has 110 valence electrons. The van der Waals surface area contributed by atoms with E-state index < -0.39 is 0 Å². The maximum atomic E-state index is 7.35. The van der Waals surface area contributed by atoms with Gasteiger partial charge in [0.25, 0.3) is 0 Å². The summed E-state index contributed by atoms with van der Waals surface area (Å²) >= 11 is 0. The van der Waals surface area contributed by atoms with Crippen molar-refractivity contribution in [2.75, 3.05) is 7.05 Å². The highest BCUT2D eigenvalue weighted by Gasteiger charge is 1.99. The van der Waals surface area contributed by atoms with Crippen molar-refractivity contribution < 1.29 is 4.74 Å². The average Bonchev–Trinajstić information content (AvgIpc) is 2.48. The van der Waals surface area contributed by atoms with Crippen LogP contribution in [0.1, 0.15) is 22.3 Å². The molecule has 2 rings (SSSR count). The molecule has 4 nitrogen and oxygen atoms in total. The number of nitrogens with two attached hydrogens (primary N) is 1. The van der Waals surface area contributed by atoms with E-state index in [9.17, 15) is 0 Å². The molecule has 0 fully saturated rings. The summed E-state index contributed by atoms with van der Waals surface area (Å²) < 4.78 is 5.73. The summed E-state index contributed by atoms with van der Waals surface area (Å²) in [5, 5.41) is 10.5. The molecule has 2 aromatic carbocycles. The number of nitrogens with one attached hydrogen (secondary N) is 2. The summed E-state index contributed by atoms with van der Waals surface area (Å²) in [5.41, 5.74) is 9.66. The lowest BCUT2D eigenvalue weighted by molar-refractivity contribution is 0.107. The van der Waals surface area contributed by atoms with Crippen molar-refractivity contribution >= 4 is 5.84 Å². The molecule has 0 saturated carbocycles. The lowest BCUT2D eigenvalue weighted by atomic mass is 10.1. The monoisotopic (exact) mass is 283 g/mol. The van der Waals surface area contributed by atoms with Crippen LogP contribution in [0.15, 0.2) is 48.5 Å². The minimum atomic E-state index is 0.0869. The molecule has 0 heterocycles. The Morgan fingerprint density at radius 3 is 2.38 bits per heavy atom. The number of hydrogen-bond donors (Lipinski definition) is 3. The predicted octanol–water partition coefficient (Wildman–Crippen LogP) is 2.41. The smallest absolute Gasteiger partial charge is 0.122 e. The van der Waals surface area contributed by atoms with Crippen molar-refractivity contribution in [2.24, 2.45) is 5.73 Å². The Morgan fingerprint density at radius 1 is 1.05 bits per heavy atom. The largest absolute Gasteiger partial charge is 0.384 e. The van der Waals surface area contributed by atoms with Gasteiger partial charge in [0.1, 0.15) is 5.84 Å². The molecule has 0 aliphatic heterocycles. The van der Waals surface area contributed by atoms with E-state index in [1.165, 1.54) is 11.1 Å². The van der Waals surface area contributed by atoms with Gasteiger partial charge in [-0.2, -0.15) is 0 Å². The minimum absolute atomic E-state index is 0.0869. The molecule has 0 spiro atoms. The zero-order valence-corrected chi connectivity index (χ0v) is 12.2. The van der Waals surface area contributed by atoms with Gasteiger partial charge in [0.2, 0.25) is 0 Å². The second-order valence-corrected chi connectivity index (χ2v) is 4.95. The summed E-state index contributed by atoms with van der Waals surface area (Å²) in [6, 6.07) is 15.9. The van der Waals surface area contributed by atoms with Gasteiger partial charge >= 0.3 is 0 Å². The topological polar surface area (TPSA) is 71.1 Å². The van der Waals surface area contributed by atoms with Crippen molar-refractivity contribution in [1.29, 1.82) is 5.41 Å². The third-order valence-electron chi connectivity index (χ3n) is 3.17. The average molecular weight is 283 g/mol. The van der Waals surface area contributed by atoms with E-state index in [1.807, 2.05) is 37.4 Å². The summed E-state index contributed by atoms with van der Waals surface area (Å²) in [4.78, 5) is 0.